The Morgan fingerprint density at radius 2 is 2.17 bits per heavy atom. The van der Waals surface area contributed by atoms with Crippen LogP contribution in [0.15, 0.2) is 35.3 Å². The molecular formula is C11H8ClN5O. The minimum absolute atomic E-state index is 0.169. The maximum Gasteiger partial charge on any atom is 0.247 e. The molecule has 0 bridgehead atoms. The Labute approximate surface area is 106 Å². The lowest BCUT2D eigenvalue weighted by Gasteiger charge is -2.04. The molecule has 6 nitrogen and oxygen atoms in total. The first-order valence-electron chi connectivity index (χ1n) is 5.14. The van der Waals surface area contributed by atoms with Gasteiger partial charge in [-0.25, -0.2) is 4.52 Å². The van der Waals surface area contributed by atoms with Crippen LogP contribution in [0.5, 0.6) is 0 Å². The van der Waals surface area contributed by atoms with Crippen molar-refractivity contribution in [2.45, 2.75) is 0 Å². The van der Waals surface area contributed by atoms with E-state index in [1.54, 1.807) is 28.9 Å². The van der Waals surface area contributed by atoms with Crippen molar-refractivity contribution >= 4 is 23.2 Å². The van der Waals surface area contributed by atoms with E-state index in [1.807, 2.05) is 0 Å². The molecule has 0 aliphatic rings. The van der Waals surface area contributed by atoms with Crippen LogP contribution in [0.25, 0.3) is 16.9 Å². The summed E-state index contributed by atoms with van der Waals surface area (Å²) in [5, 5.41) is 4.61. The van der Waals surface area contributed by atoms with Crippen LogP contribution in [0, 0.1) is 0 Å². The number of hydrogen-bond acceptors (Lipinski definition) is 4. The van der Waals surface area contributed by atoms with Gasteiger partial charge in [-0.15, -0.1) is 5.10 Å². The predicted molar refractivity (Wildman–Crippen MR) is 68.5 cm³/mol. The van der Waals surface area contributed by atoms with E-state index in [4.69, 9.17) is 17.3 Å². The number of nitrogens with two attached hydrogens (primary N) is 1. The SMILES string of the molecule is Nc1nc2cc(Cl)cc(-c3ccc(=O)[nH]c3)n2n1. The number of halogens is 1. The lowest BCUT2D eigenvalue weighted by atomic mass is 10.2. The number of rotatable bonds is 1. The van der Waals surface area contributed by atoms with Gasteiger partial charge in [0, 0.05) is 28.9 Å². The zero-order valence-electron chi connectivity index (χ0n) is 9.09. The number of aromatic nitrogens is 4. The van der Waals surface area contributed by atoms with Crippen molar-refractivity contribution in [3.05, 3.63) is 45.8 Å². The monoisotopic (exact) mass is 261 g/mol. The summed E-state index contributed by atoms with van der Waals surface area (Å²) in [7, 11) is 0. The van der Waals surface area contributed by atoms with Crippen molar-refractivity contribution in [3.8, 4) is 11.3 Å². The fourth-order valence-corrected chi connectivity index (χ4v) is 1.94. The molecule has 0 atom stereocenters. The standard InChI is InChI=1S/C11H8ClN5O/c12-7-3-8(6-1-2-10(18)14-5-6)17-9(4-7)15-11(13)16-17/h1-5H,(H2,13,16)(H,14,18). The van der Waals surface area contributed by atoms with Crippen molar-refractivity contribution in [1.82, 2.24) is 19.6 Å². The molecule has 3 N–H and O–H groups in total. The highest BCUT2D eigenvalue weighted by Crippen LogP contribution is 2.23. The number of hydrogen-bond donors (Lipinski definition) is 2. The Balaban J connectivity index is 2.33. The number of aromatic amines is 1. The van der Waals surface area contributed by atoms with Crippen molar-refractivity contribution in [3.63, 3.8) is 0 Å². The van der Waals surface area contributed by atoms with Gasteiger partial charge in [0.05, 0.1) is 5.69 Å². The Hall–Kier alpha value is -2.34. The number of H-pyrrole nitrogens is 1. The average molecular weight is 262 g/mol. The Morgan fingerprint density at radius 1 is 1.33 bits per heavy atom. The molecular weight excluding hydrogens is 254 g/mol. The third kappa shape index (κ3) is 1.72. The van der Waals surface area contributed by atoms with Crippen LogP contribution in [0.1, 0.15) is 0 Å². The Bertz CT molecular complexity index is 771. The summed E-state index contributed by atoms with van der Waals surface area (Å²) in [6, 6.07) is 6.51. The van der Waals surface area contributed by atoms with Gasteiger partial charge < -0.3 is 10.7 Å². The predicted octanol–water partition coefficient (Wildman–Crippen LogP) is 1.32. The highest BCUT2D eigenvalue weighted by molar-refractivity contribution is 6.31. The molecule has 0 radical (unpaired) electrons. The second kappa shape index (κ2) is 3.85. The van der Waals surface area contributed by atoms with Crippen LogP contribution in [-0.4, -0.2) is 19.6 Å². The van der Waals surface area contributed by atoms with E-state index in [0.29, 0.717) is 16.4 Å². The molecule has 18 heavy (non-hydrogen) atoms. The average Bonchev–Trinajstić information content (AvgIpc) is 2.69. The topological polar surface area (TPSA) is 89.1 Å². The number of nitrogen functional groups attached to an aromatic ring is 1. The van der Waals surface area contributed by atoms with E-state index in [-0.39, 0.29) is 11.5 Å². The van der Waals surface area contributed by atoms with E-state index >= 15 is 0 Å². The van der Waals surface area contributed by atoms with E-state index in [0.717, 1.165) is 5.56 Å². The van der Waals surface area contributed by atoms with Gasteiger partial charge in [-0.05, 0) is 12.1 Å². The molecule has 3 rings (SSSR count). The van der Waals surface area contributed by atoms with Crippen molar-refractivity contribution in [2.24, 2.45) is 0 Å². The minimum Gasteiger partial charge on any atom is -0.366 e. The molecule has 3 aromatic heterocycles. The van der Waals surface area contributed by atoms with Gasteiger partial charge >= 0.3 is 0 Å². The molecule has 0 fully saturated rings. The number of fused-ring (bicyclic) bond motifs is 1. The van der Waals surface area contributed by atoms with Gasteiger partial charge in [0.1, 0.15) is 0 Å². The maximum atomic E-state index is 11.1. The first-order chi connectivity index (χ1) is 8.63. The van der Waals surface area contributed by atoms with E-state index in [1.165, 1.54) is 6.07 Å². The van der Waals surface area contributed by atoms with Crippen LogP contribution in [0.3, 0.4) is 0 Å². The largest absolute Gasteiger partial charge is 0.366 e. The molecule has 0 saturated carbocycles. The van der Waals surface area contributed by atoms with E-state index in [2.05, 4.69) is 15.1 Å². The fraction of sp³-hybridized carbons (Fsp3) is 0. The number of nitrogens with one attached hydrogen (secondary N) is 1. The van der Waals surface area contributed by atoms with Crippen LogP contribution >= 0.6 is 11.6 Å². The van der Waals surface area contributed by atoms with Crippen LogP contribution in [-0.2, 0) is 0 Å². The molecule has 0 aromatic carbocycles. The molecule has 3 aromatic rings. The minimum atomic E-state index is -0.171. The van der Waals surface area contributed by atoms with Gasteiger partial charge in [-0.1, -0.05) is 11.6 Å². The molecule has 90 valence electrons. The second-order valence-electron chi connectivity index (χ2n) is 3.74. The molecule has 0 saturated heterocycles. The zero-order valence-corrected chi connectivity index (χ0v) is 9.85. The second-order valence-corrected chi connectivity index (χ2v) is 4.18. The molecule has 0 amide bonds. The molecule has 7 heteroatoms. The zero-order chi connectivity index (χ0) is 12.7. The lowest BCUT2D eigenvalue weighted by molar-refractivity contribution is 0.974. The quantitative estimate of drug-likeness (QED) is 0.691. The summed E-state index contributed by atoms with van der Waals surface area (Å²) in [6.45, 7) is 0. The van der Waals surface area contributed by atoms with Gasteiger partial charge in [0.2, 0.25) is 11.5 Å². The number of anilines is 1. The first-order valence-corrected chi connectivity index (χ1v) is 5.52. The van der Waals surface area contributed by atoms with Gasteiger partial charge in [0.25, 0.3) is 0 Å². The summed E-state index contributed by atoms with van der Waals surface area (Å²) >= 11 is 6.02. The Kier molecular flexibility index (Phi) is 2.31. The van der Waals surface area contributed by atoms with Crippen molar-refractivity contribution in [2.75, 3.05) is 5.73 Å². The van der Waals surface area contributed by atoms with Gasteiger partial charge in [0.15, 0.2) is 5.65 Å². The molecule has 0 aliphatic carbocycles. The molecule has 3 heterocycles. The van der Waals surface area contributed by atoms with E-state index in [9.17, 15) is 4.79 Å². The summed E-state index contributed by atoms with van der Waals surface area (Å²) in [4.78, 5) is 17.7. The highest BCUT2D eigenvalue weighted by Gasteiger charge is 2.09. The first kappa shape index (κ1) is 10.8. The fourth-order valence-electron chi connectivity index (χ4n) is 1.74. The summed E-state index contributed by atoms with van der Waals surface area (Å²) in [5.41, 5.74) is 7.43. The van der Waals surface area contributed by atoms with Crippen molar-refractivity contribution < 1.29 is 0 Å². The van der Waals surface area contributed by atoms with Gasteiger partial charge in [-0.3, -0.25) is 4.79 Å². The third-order valence-corrected chi connectivity index (χ3v) is 2.72. The number of nitrogens with zero attached hydrogens (tertiary/aromatic N) is 3. The van der Waals surface area contributed by atoms with Crippen LogP contribution < -0.4 is 11.3 Å². The summed E-state index contributed by atoms with van der Waals surface area (Å²) in [5.74, 6) is 0.169. The lowest BCUT2D eigenvalue weighted by Crippen LogP contribution is -2.03. The normalized spacial score (nSPS) is 10.9. The summed E-state index contributed by atoms with van der Waals surface area (Å²) < 4.78 is 1.58. The van der Waals surface area contributed by atoms with Crippen LogP contribution in [0.4, 0.5) is 5.95 Å². The highest BCUT2D eigenvalue weighted by atomic mass is 35.5. The maximum absolute atomic E-state index is 11.1. The van der Waals surface area contributed by atoms with Gasteiger partial charge in [-0.2, -0.15) is 4.98 Å². The number of pyridine rings is 2. The smallest absolute Gasteiger partial charge is 0.247 e. The van der Waals surface area contributed by atoms with E-state index < -0.39 is 0 Å². The molecule has 0 unspecified atom stereocenters. The molecule has 0 spiro atoms. The summed E-state index contributed by atoms with van der Waals surface area (Å²) in [6.07, 6.45) is 1.59. The molecule has 0 aliphatic heterocycles. The third-order valence-electron chi connectivity index (χ3n) is 2.50. The Morgan fingerprint density at radius 3 is 2.89 bits per heavy atom. The van der Waals surface area contributed by atoms with Crippen molar-refractivity contribution in [1.29, 1.82) is 0 Å². The van der Waals surface area contributed by atoms with Crippen LogP contribution in [0.2, 0.25) is 5.02 Å².